The summed E-state index contributed by atoms with van der Waals surface area (Å²) in [6, 6.07) is 0. The summed E-state index contributed by atoms with van der Waals surface area (Å²) in [7, 11) is 0. The minimum Gasteiger partial charge on any atom is -0.617 e. The summed E-state index contributed by atoms with van der Waals surface area (Å²) in [5.74, 6) is 1.46. The van der Waals surface area contributed by atoms with Gasteiger partial charge in [-0.3, -0.25) is 0 Å². The van der Waals surface area contributed by atoms with Crippen LogP contribution in [0.4, 0.5) is 0 Å². The van der Waals surface area contributed by atoms with Gasteiger partial charge in [0.05, 0.1) is 6.26 Å². The number of hydrogen-bond donors (Lipinski definition) is 1. The fourth-order valence-corrected chi connectivity index (χ4v) is 1.04. The van der Waals surface area contributed by atoms with Crippen LogP contribution < -0.4 is 5.32 Å². The molecule has 1 atom stereocenters. The second-order valence-corrected chi connectivity index (χ2v) is 4.43. The zero-order chi connectivity index (χ0) is 7.98. The summed E-state index contributed by atoms with van der Waals surface area (Å²) in [4.78, 5) is 0. The molecule has 0 radical (unpaired) electrons. The summed E-state index contributed by atoms with van der Waals surface area (Å²) in [6.07, 6.45) is 1.73. The van der Waals surface area contributed by atoms with Crippen LogP contribution in [-0.4, -0.2) is 29.7 Å². The Bertz CT molecular complexity index is 66.0. The Morgan fingerprint density at radius 1 is 1.50 bits per heavy atom. The quantitative estimate of drug-likeness (QED) is 0.476. The lowest BCUT2D eigenvalue weighted by Crippen LogP contribution is -2.25. The number of hydrogen-bond acceptors (Lipinski definition) is 2. The van der Waals surface area contributed by atoms with Crippen LogP contribution in [-0.2, 0) is 11.2 Å². The fraction of sp³-hybridized carbons (Fsp3) is 1.00. The second-order valence-electron chi connectivity index (χ2n) is 2.88. The van der Waals surface area contributed by atoms with Gasteiger partial charge < -0.3 is 9.87 Å². The lowest BCUT2D eigenvalue weighted by Gasteiger charge is -2.07. The molecule has 62 valence electrons. The van der Waals surface area contributed by atoms with Gasteiger partial charge in [-0.2, -0.15) is 0 Å². The molecule has 0 fully saturated rings. The van der Waals surface area contributed by atoms with Gasteiger partial charge >= 0.3 is 0 Å². The van der Waals surface area contributed by atoms with Gasteiger partial charge in [0.2, 0.25) is 0 Å². The molecule has 0 spiro atoms. The Morgan fingerprint density at radius 2 is 2.10 bits per heavy atom. The second kappa shape index (κ2) is 6.01. The monoisotopic (exact) mass is 163 g/mol. The first-order chi connectivity index (χ1) is 4.63. The van der Waals surface area contributed by atoms with Gasteiger partial charge in [0.15, 0.2) is 0 Å². The molecular formula is C7H17NOS. The van der Waals surface area contributed by atoms with Gasteiger partial charge in [0, 0.05) is 6.54 Å². The fourth-order valence-electron chi connectivity index (χ4n) is 0.607. The van der Waals surface area contributed by atoms with Crippen molar-refractivity contribution in [3.8, 4) is 0 Å². The first-order valence-electron chi connectivity index (χ1n) is 3.63. The average Bonchev–Trinajstić information content (AvgIpc) is 1.79. The predicted octanol–water partition coefficient (Wildman–Crippen LogP) is 0.611. The van der Waals surface area contributed by atoms with Crippen LogP contribution >= 0.6 is 0 Å². The molecule has 0 aliphatic rings. The minimum absolute atomic E-state index is 0.643. The third kappa shape index (κ3) is 8.27. The summed E-state index contributed by atoms with van der Waals surface area (Å²) >= 11 is -0.643. The van der Waals surface area contributed by atoms with Crippen LogP contribution in [0.5, 0.6) is 0 Å². The van der Waals surface area contributed by atoms with Crippen molar-refractivity contribution in [2.45, 2.75) is 13.8 Å². The highest BCUT2D eigenvalue weighted by molar-refractivity contribution is 7.90. The maximum atomic E-state index is 10.6. The van der Waals surface area contributed by atoms with Crippen molar-refractivity contribution in [1.82, 2.24) is 5.32 Å². The largest absolute Gasteiger partial charge is 0.617 e. The number of rotatable bonds is 5. The number of nitrogens with one attached hydrogen (secondary N) is 1. The van der Waals surface area contributed by atoms with E-state index in [9.17, 15) is 4.55 Å². The van der Waals surface area contributed by atoms with Crippen molar-refractivity contribution >= 4 is 11.2 Å². The molecule has 0 heterocycles. The topological polar surface area (TPSA) is 35.1 Å². The van der Waals surface area contributed by atoms with E-state index in [1.54, 1.807) is 6.26 Å². The van der Waals surface area contributed by atoms with Gasteiger partial charge in [0.1, 0.15) is 5.75 Å². The highest BCUT2D eigenvalue weighted by Crippen LogP contribution is 1.87. The van der Waals surface area contributed by atoms with E-state index in [-0.39, 0.29) is 0 Å². The third-order valence-electron chi connectivity index (χ3n) is 1.12. The average molecular weight is 163 g/mol. The highest BCUT2D eigenvalue weighted by atomic mass is 32.2. The van der Waals surface area contributed by atoms with Crippen molar-refractivity contribution in [2.24, 2.45) is 5.92 Å². The highest BCUT2D eigenvalue weighted by Gasteiger charge is 1.96. The van der Waals surface area contributed by atoms with E-state index in [0.29, 0.717) is 5.92 Å². The summed E-state index contributed by atoms with van der Waals surface area (Å²) in [5, 5.41) is 3.22. The van der Waals surface area contributed by atoms with Crippen LogP contribution in [0.1, 0.15) is 13.8 Å². The van der Waals surface area contributed by atoms with Crippen molar-refractivity contribution in [2.75, 3.05) is 25.1 Å². The molecule has 0 saturated heterocycles. The molecule has 0 amide bonds. The Morgan fingerprint density at radius 3 is 2.50 bits per heavy atom. The van der Waals surface area contributed by atoms with Crippen LogP contribution in [0.15, 0.2) is 0 Å². The van der Waals surface area contributed by atoms with E-state index >= 15 is 0 Å². The maximum Gasteiger partial charge on any atom is 0.117 e. The van der Waals surface area contributed by atoms with Gasteiger partial charge in [0.25, 0.3) is 0 Å². The normalized spacial score (nSPS) is 14.1. The lowest BCUT2D eigenvalue weighted by molar-refractivity contribution is 0.558. The summed E-state index contributed by atoms with van der Waals surface area (Å²) in [5.41, 5.74) is 0. The molecular weight excluding hydrogens is 146 g/mol. The Kier molecular flexibility index (Phi) is 6.17. The Labute approximate surface area is 66.6 Å². The lowest BCUT2D eigenvalue weighted by atomic mass is 10.2. The van der Waals surface area contributed by atoms with Crippen molar-refractivity contribution in [1.29, 1.82) is 0 Å². The Balaban J connectivity index is 2.91. The SMILES string of the molecule is CC(C)CNCC[S+](C)[O-]. The molecule has 1 unspecified atom stereocenters. The molecule has 0 aliphatic heterocycles. The van der Waals surface area contributed by atoms with Gasteiger partial charge in [-0.15, -0.1) is 0 Å². The van der Waals surface area contributed by atoms with E-state index in [1.165, 1.54) is 0 Å². The zero-order valence-electron chi connectivity index (χ0n) is 7.02. The molecule has 0 aromatic heterocycles. The summed E-state index contributed by atoms with van der Waals surface area (Å²) < 4.78 is 10.6. The van der Waals surface area contributed by atoms with Gasteiger partial charge in [-0.25, -0.2) is 0 Å². The van der Waals surface area contributed by atoms with Crippen LogP contribution in [0, 0.1) is 5.92 Å². The maximum absolute atomic E-state index is 10.6. The van der Waals surface area contributed by atoms with E-state index in [2.05, 4.69) is 19.2 Å². The molecule has 1 N–H and O–H groups in total. The first kappa shape index (κ1) is 10.3. The molecule has 0 rings (SSSR count). The van der Waals surface area contributed by atoms with Gasteiger partial charge in [-0.1, -0.05) is 25.0 Å². The van der Waals surface area contributed by atoms with Crippen molar-refractivity contribution in [3.63, 3.8) is 0 Å². The van der Waals surface area contributed by atoms with Crippen molar-refractivity contribution < 1.29 is 4.55 Å². The van der Waals surface area contributed by atoms with E-state index < -0.39 is 11.2 Å². The summed E-state index contributed by atoms with van der Waals surface area (Å²) in [6.45, 7) is 6.23. The molecule has 2 nitrogen and oxygen atoms in total. The standard InChI is InChI=1S/C7H17NOS/c1-7(2)6-8-4-5-10(3)9/h7-8H,4-6H2,1-3H3. The predicted molar refractivity (Wildman–Crippen MR) is 46.6 cm³/mol. The van der Waals surface area contributed by atoms with Crippen LogP contribution in [0.2, 0.25) is 0 Å². The molecule has 3 heteroatoms. The molecule has 0 aromatic carbocycles. The first-order valence-corrected chi connectivity index (χ1v) is 5.36. The zero-order valence-corrected chi connectivity index (χ0v) is 7.83. The molecule has 0 aromatic rings. The smallest absolute Gasteiger partial charge is 0.117 e. The molecule has 0 saturated carbocycles. The van der Waals surface area contributed by atoms with E-state index in [1.807, 2.05) is 0 Å². The Hall–Kier alpha value is 0.270. The minimum atomic E-state index is -0.643. The third-order valence-corrected chi connectivity index (χ3v) is 1.90. The molecule has 10 heavy (non-hydrogen) atoms. The van der Waals surface area contributed by atoms with E-state index in [0.717, 1.165) is 18.8 Å². The van der Waals surface area contributed by atoms with Crippen LogP contribution in [0.3, 0.4) is 0 Å². The van der Waals surface area contributed by atoms with Crippen LogP contribution in [0.25, 0.3) is 0 Å². The van der Waals surface area contributed by atoms with Gasteiger partial charge in [-0.05, 0) is 12.5 Å². The van der Waals surface area contributed by atoms with E-state index in [4.69, 9.17) is 0 Å². The molecule has 0 bridgehead atoms. The molecule has 0 aliphatic carbocycles. The van der Waals surface area contributed by atoms with Crippen molar-refractivity contribution in [3.05, 3.63) is 0 Å².